The Morgan fingerprint density at radius 1 is 1.16 bits per heavy atom. The Morgan fingerprint density at radius 2 is 1.96 bits per heavy atom. The molecule has 5 nitrogen and oxygen atoms in total. The molecule has 0 radical (unpaired) electrons. The number of pyridine rings is 1. The van der Waals surface area contributed by atoms with E-state index in [1.54, 1.807) is 0 Å². The van der Waals surface area contributed by atoms with Crippen LogP contribution in [-0.4, -0.2) is 27.0 Å². The maximum Gasteiger partial charge on any atom is 0.230 e. The summed E-state index contributed by atoms with van der Waals surface area (Å²) in [6.45, 7) is 0.562. The number of halogens is 1. The highest BCUT2D eigenvalue weighted by Gasteiger charge is 2.45. The number of carbonyl (C=O) groups excluding carboxylic acids is 1. The zero-order valence-electron chi connectivity index (χ0n) is 13.8. The van der Waals surface area contributed by atoms with Gasteiger partial charge < -0.3 is 5.32 Å². The van der Waals surface area contributed by atoms with E-state index in [1.165, 1.54) is 0 Å². The molecule has 2 aromatic heterocycles. The van der Waals surface area contributed by atoms with E-state index in [1.807, 2.05) is 40.9 Å². The molecule has 1 aliphatic rings. The first kappa shape index (κ1) is 16.3. The van der Waals surface area contributed by atoms with Gasteiger partial charge in [-0.3, -0.25) is 9.20 Å². The third-order valence-electron chi connectivity index (χ3n) is 5.06. The van der Waals surface area contributed by atoms with Crippen LogP contribution in [0.4, 0.5) is 0 Å². The first-order valence-corrected chi connectivity index (χ1v) is 9.31. The van der Waals surface area contributed by atoms with Crippen molar-refractivity contribution in [2.24, 2.45) is 0 Å². The molecule has 3 aromatic rings. The number of nitrogens with zero attached hydrogens (tertiary/aromatic N) is 3. The van der Waals surface area contributed by atoms with E-state index in [4.69, 9.17) is 0 Å². The van der Waals surface area contributed by atoms with Gasteiger partial charge in [-0.2, -0.15) is 0 Å². The lowest BCUT2D eigenvalue weighted by atomic mass is 9.64. The number of hydrogen-bond acceptors (Lipinski definition) is 3. The minimum atomic E-state index is -0.367. The van der Waals surface area contributed by atoms with E-state index in [0.717, 1.165) is 40.8 Å². The molecule has 25 heavy (non-hydrogen) atoms. The van der Waals surface area contributed by atoms with E-state index in [9.17, 15) is 4.79 Å². The van der Waals surface area contributed by atoms with Gasteiger partial charge in [0.2, 0.25) is 5.91 Å². The first-order valence-electron chi connectivity index (χ1n) is 8.52. The molecule has 128 valence electrons. The Bertz CT molecular complexity index is 899. The topological polar surface area (TPSA) is 59.3 Å². The van der Waals surface area contributed by atoms with Gasteiger partial charge >= 0.3 is 0 Å². The highest BCUT2D eigenvalue weighted by molar-refractivity contribution is 9.10. The molecule has 1 amide bonds. The summed E-state index contributed by atoms with van der Waals surface area (Å²) in [6, 6.07) is 13.9. The molecule has 6 heteroatoms. The highest BCUT2D eigenvalue weighted by atomic mass is 79.9. The fourth-order valence-corrected chi connectivity index (χ4v) is 3.73. The van der Waals surface area contributed by atoms with Crippen LogP contribution in [-0.2, 0) is 16.6 Å². The molecule has 2 heterocycles. The van der Waals surface area contributed by atoms with Crippen LogP contribution in [0.2, 0.25) is 0 Å². The fraction of sp³-hybridized carbons (Fsp3) is 0.316. The van der Waals surface area contributed by atoms with Crippen molar-refractivity contribution in [3.05, 3.63) is 64.5 Å². The quantitative estimate of drug-likeness (QED) is 0.717. The van der Waals surface area contributed by atoms with E-state index < -0.39 is 0 Å². The second-order valence-corrected chi connectivity index (χ2v) is 7.41. The molecule has 0 bridgehead atoms. The van der Waals surface area contributed by atoms with Crippen molar-refractivity contribution >= 4 is 27.5 Å². The van der Waals surface area contributed by atoms with Gasteiger partial charge in [0, 0.05) is 23.6 Å². The molecule has 0 aliphatic heterocycles. The van der Waals surface area contributed by atoms with Gasteiger partial charge in [0.1, 0.15) is 5.82 Å². The maximum atomic E-state index is 12.9. The van der Waals surface area contributed by atoms with Gasteiger partial charge in [-0.15, -0.1) is 10.2 Å². The first-order chi connectivity index (χ1) is 12.2. The van der Waals surface area contributed by atoms with E-state index in [-0.39, 0.29) is 11.3 Å². The van der Waals surface area contributed by atoms with Crippen molar-refractivity contribution in [3.8, 4) is 0 Å². The van der Waals surface area contributed by atoms with Gasteiger partial charge in [-0.05, 0) is 42.7 Å². The summed E-state index contributed by atoms with van der Waals surface area (Å²) in [4.78, 5) is 12.9. The average Bonchev–Trinajstić information content (AvgIpc) is 2.99. The Kier molecular flexibility index (Phi) is 4.29. The molecule has 4 rings (SSSR count). The van der Waals surface area contributed by atoms with Crippen LogP contribution in [0.5, 0.6) is 0 Å². The van der Waals surface area contributed by atoms with Gasteiger partial charge in [-0.1, -0.05) is 40.5 Å². The highest BCUT2D eigenvalue weighted by Crippen LogP contribution is 2.44. The summed E-state index contributed by atoms with van der Waals surface area (Å²) in [6.07, 6.45) is 5.52. The predicted octanol–water partition coefficient (Wildman–Crippen LogP) is 3.27. The third-order valence-corrected chi connectivity index (χ3v) is 5.59. The summed E-state index contributed by atoms with van der Waals surface area (Å²) in [7, 11) is 0. The van der Waals surface area contributed by atoms with Crippen molar-refractivity contribution in [3.63, 3.8) is 0 Å². The number of rotatable bonds is 5. The Hall–Kier alpha value is -2.21. The molecule has 1 aromatic carbocycles. The van der Waals surface area contributed by atoms with Gasteiger partial charge in [0.25, 0.3) is 0 Å². The van der Waals surface area contributed by atoms with Crippen LogP contribution >= 0.6 is 15.9 Å². The van der Waals surface area contributed by atoms with Crippen molar-refractivity contribution in [2.45, 2.75) is 31.1 Å². The molecular weight excluding hydrogens is 380 g/mol. The molecule has 1 aliphatic carbocycles. The second kappa shape index (κ2) is 6.59. The standard InChI is InChI=1S/C19H19BrN4O/c20-15-7-5-14(6-8-15)19(10-3-11-19)18(25)21-12-9-17-23-22-16-4-1-2-13-24(16)17/h1-2,4-8,13H,3,9-12H2,(H,21,25). The molecule has 1 N–H and O–H groups in total. The monoisotopic (exact) mass is 398 g/mol. The average molecular weight is 399 g/mol. The summed E-state index contributed by atoms with van der Waals surface area (Å²) >= 11 is 3.46. The molecular formula is C19H19BrN4O. The molecule has 1 fully saturated rings. The van der Waals surface area contributed by atoms with Crippen LogP contribution in [0, 0.1) is 0 Å². The maximum absolute atomic E-state index is 12.9. The normalized spacial score (nSPS) is 15.7. The number of nitrogens with one attached hydrogen (secondary N) is 1. The number of hydrogen-bond donors (Lipinski definition) is 1. The molecule has 0 unspecified atom stereocenters. The van der Waals surface area contributed by atoms with Crippen LogP contribution in [0.3, 0.4) is 0 Å². The van der Waals surface area contributed by atoms with Crippen LogP contribution in [0.15, 0.2) is 53.1 Å². The Balaban J connectivity index is 1.43. The molecule has 1 saturated carbocycles. The minimum absolute atomic E-state index is 0.120. The zero-order chi connectivity index (χ0) is 17.3. The summed E-state index contributed by atoms with van der Waals surface area (Å²) < 4.78 is 2.99. The largest absolute Gasteiger partial charge is 0.355 e. The van der Waals surface area contributed by atoms with E-state index >= 15 is 0 Å². The zero-order valence-corrected chi connectivity index (χ0v) is 15.4. The van der Waals surface area contributed by atoms with Gasteiger partial charge in [-0.25, -0.2) is 0 Å². The van der Waals surface area contributed by atoms with E-state index in [2.05, 4.69) is 43.6 Å². The number of benzene rings is 1. The van der Waals surface area contributed by atoms with Crippen molar-refractivity contribution in [1.82, 2.24) is 19.9 Å². The lowest BCUT2D eigenvalue weighted by molar-refractivity contribution is -0.129. The number of carbonyl (C=O) groups is 1. The summed E-state index contributed by atoms with van der Waals surface area (Å²) in [5.74, 6) is 0.983. The smallest absolute Gasteiger partial charge is 0.230 e. The second-order valence-electron chi connectivity index (χ2n) is 6.49. The fourth-order valence-electron chi connectivity index (χ4n) is 3.46. The lowest BCUT2D eigenvalue weighted by Crippen LogP contribution is -2.49. The van der Waals surface area contributed by atoms with Crippen LogP contribution in [0.25, 0.3) is 5.65 Å². The molecule has 0 spiro atoms. The van der Waals surface area contributed by atoms with Gasteiger partial charge in [0.05, 0.1) is 5.41 Å². The number of aromatic nitrogens is 3. The summed E-state index contributed by atoms with van der Waals surface area (Å²) in [5, 5.41) is 11.5. The van der Waals surface area contributed by atoms with Crippen molar-refractivity contribution in [2.75, 3.05) is 6.54 Å². The number of amides is 1. The van der Waals surface area contributed by atoms with Gasteiger partial charge in [0.15, 0.2) is 5.65 Å². The summed E-state index contributed by atoms with van der Waals surface area (Å²) in [5.41, 5.74) is 1.56. The van der Waals surface area contributed by atoms with Crippen molar-refractivity contribution in [1.29, 1.82) is 0 Å². The minimum Gasteiger partial charge on any atom is -0.355 e. The predicted molar refractivity (Wildman–Crippen MR) is 99.4 cm³/mol. The van der Waals surface area contributed by atoms with E-state index in [0.29, 0.717) is 13.0 Å². The molecule has 0 atom stereocenters. The Labute approximate surface area is 154 Å². The third kappa shape index (κ3) is 2.95. The van der Waals surface area contributed by atoms with Crippen LogP contribution in [0.1, 0.15) is 30.7 Å². The SMILES string of the molecule is O=C(NCCc1nnc2ccccn12)C1(c2ccc(Br)cc2)CCC1. The van der Waals surface area contributed by atoms with Crippen LogP contribution < -0.4 is 5.32 Å². The lowest BCUT2D eigenvalue weighted by Gasteiger charge is -2.40. The Morgan fingerprint density at radius 3 is 2.68 bits per heavy atom. The number of fused-ring (bicyclic) bond motifs is 1. The molecule has 0 saturated heterocycles. The van der Waals surface area contributed by atoms with Crippen molar-refractivity contribution < 1.29 is 4.79 Å².